The first kappa shape index (κ1) is 32.0. The van der Waals surface area contributed by atoms with Gasteiger partial charge in [-0.15, -0.1) is 11.6 Å². The predicted octanol–water partition coefficient (Wildman–Crippen LogP) is 5.95. The van der Waals surface area contributed by atoms with Gasteiger partial charge < -0.3 is 14.5 Å². The number of carbonyl (C=O) groups is 3. The van der Waals surface area contributed by atoms with Gasteiger partial charge in [0.25, 0.3) is 5.91 Å². The lowest BCUT2D eigenvalue weighted by molar-refractivity contribution is -0.209. The number of carboxylic acids is 1. The normalized spacial score (nSPS) is 31.2. The number of nitrogens with zero attached hydrogens (tertiary/aromatic N) is 4. The fourth-order valence-corrected chi connectivity index (χ4v) is 8.60. The van der Waals surface area contributed by atoms with Crippen LogP contribution in [0, 0.1) is 29.1 Å². The van der Waals surface area contributed by atoms with Crippen LogP contribution in [0.15, 0.2) is 16.9 Å². The fraction of sp³-hybridized carbons (Fsp3) is 0.710. The summed E-state index contributed by atoms with van der Waals surface area (Å²) in [5, 5.41) is 17.1. The fourth-order valence-electron chi connectivity index (χ4n) is 8.16. The van der Waals surface area contributed by atoms with Crippen molar-refractivity contribution in [2.24, 2.45) is 29.1 Å². The van der Waals surface area contributed by atoms with Crippen LogP contribution in [0.1, 0.15) is 91.1 Å². The first-order valence-corrected chi connectivity index (χ1v) is 16.1. The Kier molecular flexibility index (Phi) is 8.53. The molecule has 2 heterocycles. The van der Waals surface area contributed by atoms with Crippen LogP contribution in [0.2, 0.25) is 0 Å². The number of aliphatic carboxylic acids is 1. The van der Waals surface area contributed by atoms with E-state index in [9.17, 15) is 32.7 Å². The maximum atomic E-state index is 15.6. The molecule has 3 saturated carbocycles. The first-order chi connectivity index (χ1) is 21.3. The van der Waals surface area contributed by atoms with E-state index in [1.54, 1.807) is 13.1 Å². The number of carboxylic acid groups (broad SMARTS) is 1. The van der Waals surface area contributed by atoms with Crippen LogP contribution in [0.5, 0.6) is 0 Å². The van der Waals surface area contributed by atoms with Gasteiger partial charge in [0.1, 0.15) is 18.1 Å². The summed E-state index contributed by atoms with van der Waals surface area (Å²) >= 11 is 6.68. The largest absolute Gasteiger partial charge is 0.481 e. The molecule has 9 nitrogen and oxygen atoms in total. The Morgan fingerprint density at radius 2 is 1.91 bits per heavy atom. The van der Waals surface area contributed by atoms with E-state index in [1.807, 2.05) is 0 Å². The molecule has 0 spiro atoms. The van der Waals surface area contributed by atoms with Gasteiger partial charge in [-0.1, -0.05) is 11.6 Å². The van der Waals surface area contributed by atoms with Crippen molar-refractivity contribution >= 4 is 29.4 Å². The molecule has 1 amide bonds. The van der Waals surface area contributed by atoms with E-state index in [1.165, 1.54) is 11.2 Å². The number of hydrogen-bond acceptors (Lipinski definition) is 6. The van der Waals surface area contributed by atoms with E-state index in [0.29, 0.717) is 48.3 Å². The molecule has 6 rings (SSSR count). The van der Waals surface area contributed by atoms with Gasteiger partial charge in [0.05, 0.1) is 35.2 Å². The lowest BCUT2D eigenvalue weighted by atomic mass is 9.69. The lowest BCUT2D eigenvalue weighted by Crippen LogP contribution is -2.47. The second-order valence-electron chi connectivity index (χ2n) is 13.4. The smallest absolute Gasteiger partial charge is 0.394 e. The van der Waals surface area contributed by atoms with Crippen LogP contribution in [0.25, 0.3) is 0 Å². The second-order valence-corrected chi connectivity index (χ2v) is 13.9. The average molecular weight is 657 g/mol. The Bertz CT molecular complexity index is 1440. The van der Waals surface area contributed by atoms with Gasteiger partial charge in [-0.05, 0) is 69.3 Å². The van der Waals surface area contributed by atoms with Crippen molar-refractivity contribution in [3.8, 4) is 0 Å². The standard InChI is InChI=1S/C31H37ClF4N4O5/c1-39(15-18-9-12-45-38-18)27(41)16-5-8-20-24(14-16)40(37-26(20)19-7-6-17(29(43)44)13-23(19)33)28(42)25-21(3-2-4-22(25)32)30(10-11-30)31(34,35)36/h9,12,16-17,19,21-23,25H,2-8,10-11,13-15H2,1H3,(H,43,44). The second kappa shape index (κ2) is 12.0. The quantitative estimate of drug-likeness (QED) is 0.289. The zero-order valence-electron chi connectivity index (χ0n) is 24.9. The van der Waals surface area contributed by atoms with E-state index in [2.05, 4.69) is 10.3 Å². The number of hydrogen-bond donors (Lipinski definition) is 1. The molecular formula is C31H37ClF4N4O5. The Hall–Kier alpha value is -2.96. The number of rotatable bonds is 7. The summed E-state index contributed by atoms with van der Waals surface area (Å²) in [7, 11) is 1.63. The van der Waals surface area contributed by atoms with Crippen LogP contribution in [0.3, 0.4) is 0 Å². The predicted molar refractivity (Wildman–Crippen MR) is 152 cm³/mol. The minimum absolute atomic E-state index is 0.0538. The van der Waals surface area contributed by atoms with Crippen molar-refractivity contribution in [2.75, 3.05) is 7.05 Å². The van der Waals surface area contributed by atoms with Gasteiger partial charge in [-0.3, -0.25) is 14.4 Å². The maximum absolute atomic E-state index is 15.6. The van der Waals surface area contributed by atoms with Crippen LogP contribution in [-0.4, -0.2) is 67.5 Å². The molecule has 7 unspecified atom stereocenters. The maximum Gasteiger partial charge on any atom is 0.394 e. The summed E-state index contributed by atoms with van der Waals surface area (Å²) in [6, 6.07) is 1.64. The van der Waals surface area contributed by atoms with Gasteiger partial charge in [0, 0.05) is 36.7 Å². The van der Waals surface area contributed by atoms with Crippen LogP contribution in [0.4, 0.5) is 17.6 Å². The third-order valence-electron chi connectivity index (χ3n) is 10.8. The van der Waals surface area contributed by atoms with Crippen molar-refractivity contribution < 1.29 is 41.6 Å². The minimum Gasteiger partial charge on any atom is -0.481 e. The van der Waals surface area contributed by atoms with Gasteiger partial charge >= 0.3 is 12.1 Å². The van der Waals surface area contributed by atoms with Crippen molar-refractivity contribution in [1.29, 1.82) is 0 Å². The van der Waals surface area contributed by atoms with Gasteiger partial charge in [0.15, 0.2) is 0 Å². The molecule has 0 aromatic carbocycles. The minimum atomic E-state index is -4.48. The number of halogens is 5. The number of amides is 1. The van der Waals surface area contributed by atoms with Crippen molar-refractivity contribution in [3.63, 3.8) is 0 Å². The molecule has 7 atom stereocenters. The van der Waals surface area contributed by atoms with E-state index in [-0.39, 0.29) is 57.4 Å². The monoisotopic (exact) mass is 656 g/mol. The molecule has 2 aromatic heterocycles. The van der Waals surface area contributed by atoms with Crippen LogP contribution >= 0.6 is 11.6 Å². The van der Waals surface area contributed by atoms with E-state index in [0.717, 1.165) is 4.68 Å². The molecule has 0 bridgehead atoms. The van der Waals surface area contributed by atoms with E-state index < -0.39 is 64.6 Å². The van der Waals surface area contributed by atoms with Gasteiger partial charge in [-0.2, -0.15) is 18.3 Å². The SMILES string of the molecule is CN(Cc1ccon1)C(=O)C1CCc2c(C3CCC(C(=O)O)CC3F)nn(C(=O)C3C(Cl)CCCC3C3(C(F)(F)F)CC3)c2C1. The van der Waals surface area contributed by atoms with Crippen molar-refractivity contribution in [1.82, 2.24) is 19.8 Å². The Morgan fingerprint density at radius 3 is 2.53 bits per heavy atom. The number of carbonyl (C=O) groups excluding carboxylic acids is 2. The van der Waals surface area contributed by atoms with E-state index in [4.69, 9.17) is 16.1 Å². The molecule has 4 aliphatic rings. The molecule has 0 radical (unpaired) electrons. The molecule has 0 aliphatic heterocycles. The zero-order chi connectivity index (χ0) is 32.3. The summed E-state index contributed by atoms with van der Waals surface area (Å²) < 4.78 is 64.6. The molecule has 1 N–H and O–H groups in total. The molecule has 14 heteroatoms. The molecular weight excluding hydrogens is 620 g/mol. The molecule has 2 aromatic rings. The number of aromatic nitrogens is 3. The highest BCUT2D eigenvalue weighted by molar-refractivity contribution is 6.22. The zero-order valence-corrected chi connectivity index (χ0v) is 25.7. The molecule has 0 saturated heterocycles. The summed E-state index contributed by atoms with van der Waals surface area (Å²) in [5.41, 5.74) is -0.0215. The molecule has 4 aliphatic carbocycles. The number of fused-ring (bicyclic) bond motifs is 1. The lowest BCUT2D eigenvalue weighted by Gasteiger charge is -2.40. The molecule has 3 fully saturated rings. The topological polar surface area (TPSA) is 119 Å². The molecule has 246 valence electrons. The number of alkyl halides is 5. The highest BCUT2D eigenvalue weighted by Crippen LogP contribution is 2.66. The third kappa shape index (κ3) is 5.78. The highest BCUT2D eigenvalue weighted by atomic mass is 35.5. The van der Waals surface area contributed by atoms with E-state index >= 15 is 4.39 Å². The van der Waals surface area contributed by atoms with Crippen LogP contribution < -0.4 is 0 Å². The third-order valence-corrected chi connectivity index (χ3v) is 11.3. The Balaban J connectivity index is 1.35. The van der Waals surface area contributed by atoms with Gasteiger partial charge in [0.2, 0.25) is 5.91 Å². The summed E-state index contributed by atoms with van der Waals surface area (Å²) in [6.07, 6.45) is -2.52. The van der Waals surface area contributed by atoms with Crippen LogP contribution in [-0.2, 0) is 29.0 Å². The summed E-state index contributed by atoms with van der Waals surface area (Å²) in [6.45, 7) is 0.204. The first-order valence-electron chi connectivity index (χ1n) is 15.7. The van der Waals surface area contributed by atoms with Crippen molar-refractivity contribution in [3.05, 3.63) is 35.0 Å². The highest BCUT2D eigenvalue weighted by Gasteiger charge is 2.69. The van der Waals surface area contributed by atoms with Gasteiger partial charge in [-0.25, -0.2) is 9.07 Å². The molecule has 45 heavy (non-hydrogen) atoms. The summed E-state index contributed by atoms with van der Waals surface area (Å²) in [5.74, 6) is -6.18. The summed E-state index contributed by atoms with van der Waals surface area (Å²) in [4.78, 5) is 41.0. The Labute approximate surface area is 262 Å². The average Bonchev–Trinajstić information content (AvgIpc) is 3.52. The van der Waals surface area contributed by atoms with Crippen molar-refractivity contribution in [2.45, 2.75) is 101 Å². The Morgan fingerprint density at radius 1 is 1.16 bits per heavy atom.